The number of furan rings is 1. The summed E-state index contributed by atoms with van der Waals surface area (Å²) in [5, 5.41) is 4.01. The van der Waals surface area contributed by atoms with Crippen LogP contribution in [0.5, 0.6) is 0 Å². The zero-order valence-corrected chi connectivity index (χ0v) is 10.3. The fraction of sp³-hybridized carbons (Fsp3) is 0.143. The van der Waals surface area contributed by atoms with Crippen LogP contribution in [-0.2, 0) is 0 Å². The topological polar surface area (TPSA) is 54.6 Å². The van der Waals surface area contributed by atoms with Crippen molar-refractivity contribution in [1.29, 1.82) is 0 Å². The van der Waals surface area contributed by atoms with Crippen LogP contribution in [0.15, 0.2) is 52.0 Å². The van der Waals surface area contributed by atoms with Crippen molar-refractivity contribution in [3.05, 3.63) is 59.5 Å². The number of hydrogen-bond donors (Lipinski definition) is 1. The summed E-state index contributed by atoms with van der Waals surface area (Å²) in [5.74, 6) is 1.23. The van der Waals surface area contributed by atoms with E-state index in [0.29, 0.717) is 17.0 Å². The molecule has 1 heterocycles. The van der Waals surface area contributed by atoms with Gasteiger partial charge in [-0.25, -0.2) is 5.43 Å². The maximum atomic E-state index is 11.7. The number of hydrogen-bond acceptors (Lipinski definition) is 3. The van der Waals surface area contributed by atoms with Crippen LogP contribution >= 0.6 is 0 Å². The Balaban J connectivity index is 2.05. The molecule has 4 nitrogen and oxygen atoms in total. The third-order valence-corrected chi connectivity index (χ3v) is 2.46. The molecule has 1 amide bonds. The Morgan fingerprint density at radius 1 is 1.17 bits per heavy atom. The number of nitrogens with zero attached hydrogens (tertiary/aromatic N) is 1. The molecule has 0 saturated heterocycles. The van der Waals surface area contributed by atoms with Crippen LogP contribution < -0.4 is 5.43 Å². The van der Waals surface area contributed by atoms with Crippen molar-refractivity contribution in [2.24, 2.45) is 5.10 Å². The quantitative estimate of drug-likeness (QED) is 0.664. The van der Waals surface area contributed by atoms with E-state index >= 15 is 0 Å². The summed E-state index contributed by atoms with van der Waals surface area (Å²) in [6.45, 7) is 3.64. The molecular weight excluding hydrogens is 228 g/mol. The Morgan fingerprint density at radius 2 is 1.89 bits per heavy atom. The van der Waals surface area contributed by atoms with E-state index in [2.05, 4.69) is 10.5 Å². The molecule has 2 aromatic rings. The Hall–Kier alpha value is -2.36. The third-order valence-electron chi connectivity index (χ3n) is 2.46. The zero-order chi connectivity index (χ0) is 13.0. The van der Waals surface area contributed by atoms with E-state index < -0.39 is 0 Å². The van der Waals surface area contributed by atoms with Gasteiger partial charge in [-0.15, -0.1) is 0 Å². The summed E-state index contributed by atoms with van der Waals surface area (Å²) in [7, 11) is 0. The average molecular weight is 242 g/mol. The molecule has 1 aromatic carbocycles. The Bertz CT molecular complexity index is 570. The van der Waals surface area contributed by atoms with E-state index in [-0.39, 0.29) is 5.91 Å². The molecule has 0 radical (unpaired) electrons. The Labute approximate surface area is 105 Å². The predicted octanol–water partition coefficient (Wildman–Crippen LogP) is 2.74. The smallest absolute Gasteiger partial charge is 0.271 e. The van der Waals surface area contributed by atoms with Crippen LogP contribution in [-0.4, -0.2) is 11.6 Å². The molecule has 0 saturated carbocycles. The summed E-state index contributed by atoms with van der Waals surface area (Å²) in [4.78, 5) is 11.7. The zero-order valence-electron chi connectivity index (χ0n) is 10.3. The highest BCUT2D eigenvalue weighted by molar-refractivity contribution is 5.99. The normalized spacial score (nSPS) is 11.3. The maximum Gasteiger partial charge on any atom is 0.271 e. The summed E-state index contributed by atoms with van der Waals surface area (Å²) >= 11 is 0. The minimum atomic E-state index is -0.238. The van der Waals surface area contributed by atoms with Crippen molar-refractivity contribution in [2.75, 3.05) is 0 Å². The first kappa shape index (κ1) is 12.1. The van der Waals surface area contributed by atoms with Crippen LogP contribution in [0.1, 0.15) is 28.8 Å². The number of aryl methyl sites for hydroxylation is 1. The van der Waals surface area contributed by atoms with Gasteiger partial charge < -0.3 is 4.42 Å². The van der Waals surface area contributed by atoms with E-state index in [4.69, 9.17) is 4.42 Å². The Morgan fingerprint density at radius 3 is 2.50 bits per heavy atom. The van der Waals surface area contributed by atoms with E-state index in [1.807, 2.05) is 25.1 Å². The van der Waals surface area contributed by atoms with Crippen LogP contribution in [0.25, 0.3) is 0 Å². The van der Waals surface area contributed by atoms with E-state index in [1.54, 1.807) is 31.2 Å². The van der Waals surface area contributed by atoms with Crippen molar-refractivity contribution < 1.29 is 9.21 Å². The van der Waals surface area contributed by atoms with Gasteiger partial charge in [-0.2, -0.15) is 5.10 Å². The summed E-state index contributed by atoms with van der Waals surface area (Å²) in [5.41, 5.74) is 3.70. The van der Waals surface area contributed by atoms with Crippen LogP contribution in [0, 0.1) is 6.92 Å². The van der Waals surface area contributed by atoms with Crippen LogP contribution in [0.4, 0.5) is 0 Å². The number of carbonyl (C=O) groups is 1. The van der Waals surface area contributed by atoms with Gasteiger partial charge in [0.25, 0.3) is 5.91 Å². The molecule has 0 aliphatic heterocycles. The molecule has 0 atom stereocenters. The molecule has 92 valence electrons. The minimum Gasteiger partial charge on any atom is -0.460 e. The van der Waals surface area contributed by atoms with Gasteiger partial charge in [0.2, 0.25) is 0 Å². The van der Waals surface area contributed by atoms with Gasteiger partial charge in [-0.05, 0) is 38.1 Å². The second kappa shape index (κ2) is 5.31. The van der Waals surface area contributed by atoms with Crippen LogP contribution in [0.3, 0.4) is 0 Å². The fourth-order valence-electron chi connectivity index (χ4n) is 1.47. The summed E-state index contributed by atoms with van der Waals surface area (Å²) < 4.78 is 5.40. The number of amides is 1. The van der Waals surface area contributed by atoms with Gasteiger partial charge in [0, 0.05) is 5.56 Å². The van der Waals surface area contributed by atoms with Crippen molar-refractivity contribution in [1.82, 2.24) is 5.43 Å². The van der Waals surface area contributed by atoms with Gasteiger partial charge in [0.1, 0.15) is 17.2 Å². The molecule has 0 aliphatic carbocycles. The van der Waals surface area contributed by atoms with Crippen molar-refractivity contribution in [3.63, 3.8) is 0 Å². The molecule has 2 rings (SSSR count). The highest BCUT2D eigenvalue weighted by Crippen LogP contribution is 2.07. The van der Waals surface area contributed by atoms with Crippen molar-refractivity contribution >= 4 is 11.6 Å². The van der Waals surface area contributed by atoms with Crippen LogP contribution in [0.2, 0.25) is 0 Å². The average Bonchev–Trinajstić information content (AvgIpc) is 2.83. The number of carbonyl (C=O) groups excluding carboxylic acids is 1. The lowest BCUT2D eigenvalue weighted by atomic mass is 10.2. The van der Waals surface area contributed by atoms with E-state index in [1.165, 1.54) is 0 Å². The van der Waals surface area contributed by atoms with Gasteiger partial charge in [0.15, 0.2) is 0 Å². The second-order valence-electron chi connectivity index (χ2n) is 3.91. The van der Waals surface area contributed by atoms with Crippen molar-refractivity contribution in [2.45, 2.75) is 13.8 Å². The monoisotopic (exact) mass is 242 g/mol. The fourth-order valence-corrected chi connectivity index (χ4v) is 1.47. The maximum absolute atomic E-state index is 11.7. The molecular formula is C14H14N2O2. The Kier molecular flexibility index (Phi) is 3.57. The summed E-state index contributed by atoms with van der Waals surface area (Å²) in [6, 6.07) is 12.6. The third kappa shape index (κ3) is 2.85. The van der Waals surface area contributed by atoms with Gasteiger partial charge in [-0.1, -0.05) is 18.2 Å². The molecule has 0 spiro atoms. The molecule has 0 aliphatic rings. The predicted molar refractivity (Wildman–Crippen MR) is 69.6 cm³/mol. The first-order valence-corrected chi connectivity index (χ1v) is 5.63. The molecule has 18 heavy (non-hydrogen) atoms. The first-order chi connectivity index (χ1) is 8.66. The SMILES string of the molecule is C/C(=N/NC(=O)c1ccccc1)c1ccc(C)o1. The number of hydrazone groups is 1. The molecule has 0 fully saturated rings. The molecule has 1 N–H and O–H groups in total. The van der Waals surface area contributed by atoms with Gasteiger partial charge in [-0.3, -0.25) is 4.79 Å². The van der Waals surface area contributed by atoms with E-state index in [0.717, 1.165) is 5.76 Å². The molecule has 0 bridgehead atoms. The first-order valence-electron chi connectivity index (χ1n) is 5.63. The van der Waals surface area contributed by atoms with Gasteiger partial charge in [0.05, 0.1) is 0 Å². The highest BCUT2D eigenvalue weighted by atomic mass is 16.3. The minimum absolute atomic E-state index is 0.238. The lowest BCUT2D eigenvalue weighted by Gasteiger charge is -2.00. The molecule has 0 unspecified atom stereocenters. The molecule has 1 aromatic heterocycles. The largest absolute Gasteiger partial charge is 0.460 e. The summed E-state index contributed by atoms with van der Waals surface area (Å²) in [6.07, 6.45) is 0. The number of benzene rings is 1. The number of nitrogens with one attached hydrogen (secondary N) is 1. The molecule has 4 heteroatoms. The lowest BCUT2D eigenvalue weighted by Crippen LogP contribution is -2.19. The standard InChI is InChI=1S/C14H14N2O2/c1-10-8-9-13(18-10)11(2)15-16-14(17)12-6-4-3-5-7-12/h3-9H,1-2H3,(H,16,17)/b15-11-. The van der Waals surface area contributed by atoms with Gasteiger partial charge >= 0.3 is 0 Å². The second-order valence-corrected chi connectivity index (χ2v) is 3.91. The lowest BCUT2D eigenvalue weighted by molar-refractivity contribution is 0.0955. The highest BCUT2D eigenvalue weighted by Gasteiger charge is 2.05. The van der Waals surface area contributed by atoms with Crippen molar-refractivity contribution in [3.8, 4) is 0 Å². The van der Waals surface area contributed by atoms with E-state index in [9.17, 15) is 4.79 Å². The number of rotatable bonds is 3.